The molecule has 2 amide bonds. The SMILES string of the molecule is COc1ccc(C(=O)NC2=N/C(=C(/C#N)C(=O)NCC(C)C)c3ccccc32)cc1OC. The fraction of sp³-hybridized carbons (Fsp3) is 0.250. The van der Waals surface area contributed by atoms with Crippen LogP contribution in [-0.4, -0.2) is 38.4 Å². The number of nitrogens with zero attached hydrogens (tertiary/aromatic N) is 2. The van der Waals surface area contributed by atoms with Crippen LogP contribution in [0, 0.1) is 17.2 Å². The van der Waals surface area contributed by atoms with Crippen molar-refractivity contribution < 1.29 is 19.1 Å². The summed E-state index contributed by atoms with van der Waals surface area (Å²) in [6, 6.07) is 13.9. The van der Waals surface area contributed by atoms with E-state index in [1.54, 1.807) is 42.5 Å². The Morgan fingerprint density at radius 3 is 2.38 bits per heavy atom. The van der Waals surface area contributed by atoms with Crippen molar-refractivity contribution >= 4 is 23.3 Å². The zero-order valence-electron chi connectivity index (χ0n) is 18.4. The highest BCUT2D eigenvalue weighted by molar-refractivity contribution is 6.20. The maximum atomic E-state index is 12.9. The molecule has 0 aliphatic carbocycles. The van der Waals surface area contributed by atoms with E-state index in [4.69, 9.17) is 9.47 Å². The van der Waals surface area contributed by atoms with Crippen LogP contribution < -0.4 is 20.1 Å². The van der Waals surface area contributed by atoms with Crippen LogP contribution in [0.3, 0.4) is 0 Å². The van der Waals surface area contributed by atoms with E-state index in [2.05, 4.69) is 15.6 Å². The van der Waals surface area contributed by atoms with Gasteiger partial charge in [-0.05, 0) is 24.1 Å². The smallest absolute Gasteiger partial charge is 0.264 e. The van der Waals surface area contributed by atoms with Gasteiger partial charge in [-0.25, -0.2) is 4.99 Å². The number of nitrogens with one attached hydrogen (secondary N) is 2. The molecule has 8 heteroatoms. The summed E-state index contributed by atoms with van der Waals surface area (Å²) in [6.07, 6.45) is 0. The van der Waals surface area contributed by atoms with Crippen LogP contribution in [0.4, 0.5) is 0 Å². The minimum atomic E-state index is -0.498. The van der Waals surface area contributed by atoms with Gasteiger partial charge in [0, 0.05) is 23.2 Å². The van der Waals surface area contributed by atoms with Crippen LogP contribution in [0.15, 0.2) is 53.0 Å². The third-order valence-electron chi connectivity index (χ3n) is 4.79. The quantitative estimate of drug-likeness (QED) is 0.538. The van der Waals surface area contributed by atoms with E-state index < -0.39 is 11.8 Å². The minimum Gasteiger partial charge on any atom is -0.493 e. The highest BCUT2D eigenvalue weighted by Gasteiger charge is 2.27. The summed E-state index contributed by atoms with van der Waals surface area (Å²) in [4.78, 5) is 29.9. The summed E-state index contributed by atoms with van der Waals surface area (Å²) in [5.74, 6) is 0.511. The Balaban J connectivity index is 1.96. The molecular formula is C24H24N4O4. The van der Waals surface area contributed by atoms with E-state index in [0.717, 1.165) is 0 Å². The molecule has 0 unspecified atom stereocenters. The van der Waals surface area contributed by atoms with Crippen molar-refractivity contribution in [3.63, 3.8) is 0 Å². The van der Waals surface area contributed by atoms with E-state index in [-0.39, 0.29) is 23.0 Å². The van der Waals surface area contributed by atoms with Crippen molar-refractivity contribution in [2.24, 2.45) is 10.9 Å². The Kier molecular flexibility index (Phi) is 6.90. The van der Waals surface area contributed by atoms with Crippen LogP contribution in [0.25, 0.3) is 5.70 Å². The van der Waals surface area contributed by atoms with Gasteiger partial charge >= 0.3 is 0 Å². The monoisotopic (exact) mass is 432 g/mol. The molecule has 0 saturated carbocycles. The fourth-order valence-corrected chi connectivity index (χ4v) is 3.17. The molecule has 3 rings (SSSR count). The van der Waals surface area contributed by atoms with Gasteiger partial charge in [0.25, 0.3) is 11.8 Å². The molecule has 1 heterocycles. The lowest BCUT2D eigenvalue weighted by molar-refractivity contribution is -0.117. The molecule has 0 fully saturated rings. The Morgan fingerprint density at radius 1 is 1.06 bits per heavy atom. The van der Waals surface area contributed by atoms with Crippen molar-refractivity contribution in [2.75, 3.05) is 20.8 Å². The number of benzene rings is 2. The highest BCUT2D eigenvalue weighted by atomic mass is 16.5. The number of carbonyl (C=O) groups excluding carboxylic acids is 2. The van der Waals surface area contributed by atoms with E-state index in [9.17, 15) is 14.9 Å². The van der Waals surface area contributed by atoms with Gasteiger partial charge in [-0.2, -0.15) is 5.26 Å². The summed E-state index contributed by atoms with van der Waals surface area (Å²) in [5.41, 5.74) is 1.70. The fourth-order valence-electron chi connectivity index (χ4n) is 3.17. The van der Waals surface area contributed by atoms with E-state index in [1.165, 1.54) is 14.2 Å². The molecule has 2 N–H and O–H groups in total. The van der Waals surface area contributed by atoms with Gasteiger partial charge in [-0.3, -0.25) is 9.59 Å². The molecule has 0 atom stereocenters. The van der Waals surface area contributed by atoms with Crippen LogP contribution in [-0.2, 0) is 4.79 Å². The van der Waals surface area contributed by atoms with Crippen LogP contribution in [0.1, 0.15) is 35.3 Å². The summed E-state index contributed by atoms with van der Waals surface area (Å²) in [5, 5.41) is 15.2. The number of hydrogen-bond acceptors (Lipinski definition) is 6. The highest BCUT2D eigenvalue weighted by Crippen LogP contribution is 2.31. The maximum Gasteiger partial charge on any atom is 0.264 e. The summed E-state index contributed by atoms with van der Waals surface area (Å²) >= 11 is 0. The maximum absolute atomic E-state index is 12.9. The first-order valence-corrected chi connectivity index (χ1v) is 10.0. The average Bonchev–Trinajstić information content (AvgIpc) is 3.15. The number of amides is 2. The van der Waals surface area contributed by atoms with Crippen LogP contribution in [0.2, 0.25) is 0 Å². The molecule has 0 aromatic heterocycles. The van der Waals surface area contributed by atoms with Gasteiger partial charge in [0.1, 0.15) is 17.5 Å². The number of rotatable bonds is 6. The van der Waals surface area contributed by atoms with Crippen molar-refractivity contribution in [2.45, 2.75) is 13.8 Å². The van der Waals surface area contributed by atoms with Crippen molar-refractivity contribution in [1.29, 1.82) is 5.26 Å². The van der Waals surface area contributed by atoms with Crippen molar-refractivity contribution in [1.82, 2.24) is 10.6 Å². The van der Waals surface area contributed by atoms with Crippen molar-refractivity contribution in [3.8, 4) is 17.6 Å². The lowest BCUT2D eigenvalue weighted by Gasteiger charge is -2.10. The second-order valence-electron chi connectivity index (χ2n) is 7.47. The summed E-state index contributed by atoms with van der Waals surface area (Å²) < 4.78 is 10.5. The number of fused-ring (bicyclic) bond motifs is 1. The number of ether oxygens (including phenoxy) is 2. The molecule has 0 saturated heterocycles. The molecule has 2 aromatic carbocycles. The summed E-state index contributed by atoms with van der Waals surface area (Å²) in [6.45, 7) is 4.36. The lowest BCUT2D eigenvalue weighted by atomic mass is 10.0. The van der Waals surface area contributed by atoms with Crippen molar-refractivity contribution in [3.05, 3.63) is 64.7 Å². The predicted octanol–water partition coefficient (Wildman–Crippen LogP) is 2.90. The van der Waals surface area contributed by atoms with Crippen LogP contribution >= 0.6 is 0 Å². The standard InChI is InChI=1S/C24H24N4O4/c1-14(2)13-26-24(30)18(12-25)21-16-7-5-6-8-17(16)22(27-21)28-23(29)15-9-10-19(31-3)20(11-15)32-4/h5-11,14H,13H2,1-4H3,(H,26,30)(H,27,28,29)/b21-18-. The van der Waals surface area contributed by atoms with Gasteiger partial charge < -0.3 is 20.1 Å². The number of amidine groups is 1. The van der Waals surface area contributed by atoms with Gasteiger partial charge in [-0.15, -0.1) is 0 Å². The zero-order chi connectivity index (χ0) is 23.3. The molecule has 0 radical (unpaired) electrons. The number of carbonyl (C=O) groups is 2. The first kappa shape index (κ1) is 22.6. The second-order valence-corrected chi connectivity index (χ2v) is 7.47. The molecular weight excluding hydrogens is 408 g/mol. The number of aliphatic imine (C=N–C) groups is 1. The average molecular weight is 432 g/mol. The molecule has 164 valence electrons. The van der Waals surface area contributed by atoms with Gasteiger partial charge in [-0.1, -0.05) is 38.1 Å². The molecule has 0 spiro atoms. The topological polar surface area (TPSA) is 113 Å². The molecule has 1 aliphatic heterocycles. The third kappa shape index (κ3) is 4.62. The van der Waals surface area contributed by atoms with E-state index >= 15 is 0 Å². The number of hydrogen-bond donors (Lipinski definition) is 2. The second kappa shape index (κ2) is 9.79. The largest absolute Gasteiger partial charge is 0.493 e. The predicted molar refractivity (Wildman–Crippen MR) is 120 cm³/mol. The minimum absolute atomic E-state index is 0.103. The Labute approximate surface area is 186 Å². The van der Waals surface area contributed by atoms with Gasteiger partial charge in [0.05, 0.1) is 19.9 Å². The van der Waals surface area contributed by atoms with Gasteiger partial charge in [0.15, 0.2) is 11.5 Å². The zero-order valence-corrected chi connectivity index (χ0v) is 18.4. The van der Waals surface area contributed by atoms with Gasteiger partial charge in [0.2, 0.25) is 0 Å². The van der Waals surface area contributed by atoms with Crippen LogP contribution in [0.5, 0.6) is 11.5 Å². The molecule has 2 aromatic rings. The number of nitriles is 1. The normalized spacial score (nSPS) is 13.6. The summed E-state index contributed by atoms with van der Waals surface area (Å²) in [7, 11) is 3.00. The Hall–Kier alpha value is -4.12. The number of methoxy groups -OCH3 is 2. The first-order chi connectivity index (χ1) is 15.4. The molecule has 1 aliphatic rings. The third-order valence-corrected chi connectivity index (χ3v) is 4.79. The molecule has 8 nitrogen and oxygen atoms in total. The molecule has 32 heavy (non-hydrogen) atoms. The first-order valence-electron chi connectivity index (χ1n) is 10.0. The Morgan fingerprint density at radius 2 is 1.75 bits per heavy atom. The van der Waals surface area contributed by atoms with E-state index in [0.29, 0.717) is 34.7 Å². The lowest BCUT2D eigenvalue weighted by Crippen LogP contribution is -2.30. The van der Waals surface area contributed by atoms with E-state index in [1.807, 2.05) is 19.9 Å². The molecule has 0 bridgehead atoms. The Bertz CT molecular complexity index is 1160.